The summed E-state index contributed by atoms with van der Waals surface area (Å²) in [5.41, 5.74) is 5.65. The fourth-order valence-electron chi connectivity index (χ4n) is 2.02. The Morgan fingerprint density at radius 3 is 2.35 bits per heavy atom. The Morgan fingerprint density at radius 2 is 1.65 bits per heavy atom. The summed E-state index contributed by atoms with van der Waals surface area (Å²) in [5.74, 6) is 0.899. The van der Waals surface area contributed by atoms with Gasteiger partial charge in [0.25, 0.3) is 5.91 Å². The van der Waals surface area contributed by atoms with Crippen LogP contribution in [0.4, 0.5) is 0 Å². The molecule has 0 spiro atoms. The van der Waals surface area contributed by atoms with Crippen molar-refractivity contribution >= 4 is 23.6 Å². The summed E-state index contributed by atoms with van der Waals surface area (Å²) in [6.45, 7) is 4.26. The summed E-state index contributed by atoms with van der Waals surface area (Å²) in [5, 5.41) is 0. The zero-order valence-corrected chi connectivity index (χ0v) is 15.6. The molecule has 138 valence electrons. The largest absolute Gasteiger partial charge is 0.494 e. The van der Waals surface area contributed by atoms with Gasteiger partial charge in [0, 0.05) is 4.90 Å². The molecule has 2 amide bonds. The van der Waals surface area contributed by atoms with Crippen LogP contribution in [-0.4, -0.2) is 30.8 Å². The molecule has 0 radical (unpaired) electrons. The van der Waals surface area contributed by atoms with Crippen molar-refractivity contribution in [3.05, 3.63) is 54.1 Å². The summed E-state index contributed by atoms with van der Waals surface area (Å²) in [6, 6.07) is 14.9. The van der Waals surface area contributed by atoms with E-state index in [2.05, 4.69) is 10.9 Å². The lowest BCUT2D eigenvalue weighted by Crippen LogP contribution is -2.44. The molecule has 0 aliphatic rings. The Balaban J connectivity index is 1.66. The lowest BCUT2D eigenvalue weighted by atomic mass is 10.2. The van der Waals surface area contributed by atoms with Crippen LogP contribution in [-0.2, 0) is 9.59 Å². The number of amides is 2. The molecule has 0 aliphatic heterocycles. The molecule has 6 nitrogen and oxygen atoms in total. The van der Waals surface area contributed by atoms with Crippen LogP contribution in [0.25, 0.3) is 0 Å². The van der Waals surface area contributed by atoms with E-state index in [1.165, 1.54) is 11.8 Å². The number of carbonyl (C=O) groups is 2. The second kappa shape index (κ2) is 10.4. The first-order chi connectivity index (χ1) is 12.6. The molecular formula is C19H22N2O4S. The van der Waals surface area contributed by atoms with Gasteiger partial charge in [-0.1, -0.05) is 18.2 Å². The molecule has 26 heavy (non-hydrogen) atoms. The molecule has 2 rings (SSSR count). The summed E-state index contributed by atoms with van der Waals surface area (Å²) < 4.78 is 10.8. The molecule has 0 aromatic heterocycles. The van der Waals surface area contributed by atoms with Crippen LogP contribution in [0.1, 0.15) is 12.5 Å². The van der Waals surface area contributed by atoms with Crippen molar-refractivity contribution in [3.8, 4) is 11.5 Å². The predicted octanol–water partition coefficient (Wildman–Crippen LogP) is 2.71. The minimum atomic E-state index is -0.423. The molecular weight excluding hydrogens is 352 g/mol. The van der Waals surface area contributed by atoms with E-state index in [-0.39, 0.29) is 18.3 Å². The van der Waals surface area contributed by atoms with Crippen LogP contribution in [0, 0.1) is 6.92 Å². The maximum absolute atomic E-state index is 11.8. The molecule has 0 saturated heterocycles. The van der Waals surface area contributed by atoms with Crippen molar-refractivity contribution in [3.63, 3.8) is 0 Å². The van der Waals surface area contributed by atoms with Gasteiger partial charge in [-0.25, -0.2) is 0 Å². The van der Waals surface area contributed by atoms with E-state index in [1.807, 2.05) is 56.3 Å². The third-order valence-electron chi connectivity index (χ3n) is 3.30. The third-order valence-corrected chi connectivity index (χ3v) is 4.31. The van der Waals surface area contributed by atoms with Crippen LogP contribution in [0.15, 0.2) is 53.4 Å². The van der Waals surface area contributed by atoms with Crippen LogP contribution < -0.4 is 20.3 Å². The summed E-state index contributed by atoms with van der Waals surface area (Å²) in [6.07, 6.45) is 0. The van der Waals surface area contributed by atoms with Gasteiger partial charge in [-0.05, 0) is 49.7 Å². The predicted molar refractivity (Wildman–Crippen MR) is 101 cm³/mol. The smallest absolute Gasteiger partial charge is 0.276 e. The van der Waals surface area contributed by atoms with E-state index in [0.29, 0.717) is 12.4 Å². The second-order valence-corrected chi connectivity index (χ2v) is 6.39. The molecule has 0 bridgehead atoms. The molecule has 0 saturated carbocycles. The highest BCUT2D eigenvalue weighted by atomic mass is 32.2. The average molecular weight is 374 g/mol. The number of ether oxygens (including phenoxy) is 2. The van der Waals surface area contributed by atoms with E-state index in [4.69, 9.17) is 9.47 Å². The van der Waals surface area contributed by atoms with Gasteiger partial charge in [-0.15, -0.1) is 11.8 Å². The highest BCUT2D eigenvalue weighted by Crippen LogP contribution is 2.21. The molecule has 0 atom stereocenters. The topological polar surface area (TPSA) is 76.7 Å². The number of benzene rings is 2. The van der Waals surface area contributed by atoms with Crippen LogP contribution in [0.3, 0.4) is 0 Å². The third kappa shape index (κ3) is 6.68. The van der Waals surface area contributed by atoms with E-state index < -0.39 is 5.91 Å². The quantitative estimate of drug-likeness (QED) is 0.549. The summed E-state index contributed by atoms with van der Waals surface area (Å²) >= 11 is 1.37. The van der Waals surface area contributed by atoms with Crippen molar-refractivity contribution in [2.45, 2.75) is 18.7 Å². The fraction of sp³-hybridized carbons (Fsp3) is 0.263. The number of aryl methyl sites for hydroxylation is 1. The van der Waals surface area contributed by atoms with Gasteiger partial charge in [-0.3, -0.25) is 20.4 Å². The Bertz CT molecular complexity index is 735. The van der Waals surface area contributed by atoms with E-state index in [9.17, 15) is 9.59 Å². The molecule has 0 aliphatic carbocycles. The van der Waals surface area contributed by atoms with Crippen LogP contribution in [0.2, 0.25) is 0 Å². The number of hydrogen-bond acceptors (Lipinski definition) is 5. The number of para-hydroxylation sites is 1. The van der Waals surface area contributed by atoms with Gasteiger partial charge in [0.15, 0.2) is 6.61 Å². The molecule has 2 N–H and O–H groups in total. The number of hydrogen-bond donors (Lipinski definition) is 2. The van der Waals surface area contributed by atoms with Gasteiger partial charge in [-0.2, -0.15) is 0 Å². The van der Waals surface area contributed by atoms with Crippen LogP contribution >= 0.6 is 11.8 Å². The summed E-state index contributed by atoms with van der Waals surface area (Å²) in [7, 11) is 0. The summed E-state index contributed by atoms with van der Waals surface area (Å²) in [4.78, 5) is 24.5. The maximum Gasteiger partial charge on any atom is 0.276 e. The molecule has 7 heteroatoms. The number of carbonyl (C=O) groups excluding carboxylic acids is 2. The normalized spacial score (nSPS) is 10.1. The highest BCUT2D eigenvalue weighted by Gasteiger charge is 2.07. The monoisotopic (exact) mass is 374 g/mol. The highest BCUT2D eigenvalue weighted by molar-refractivity contribution is 8.00. The van der Waals surface area contributed by atoms with Crippen LogP contribution in [0.5, 0.6) is 11.5 Å². The van der Waals surface area contributed by atoms with Gasteiger partial charge >= 0.3 is 0 Å². The SMILES string of the molecule is CCOc1ccc(SCC(=O)NNC(=O)COc2ccccc2C)cc1. The minimum Gasteiger partial charge on any atom is -0.494 e. The van der Waals surface area contributed by atoms with Gasteiger partial charge in [0.05, 0.1) is 12.4 Å². The van der Waals surface area contributed by atoms with E-state index in [0.717, 1.165) is 16.2 Å². The van der Waals surface area contributed by atoms with Crippen molar-refractivity contribution in [2.75, 3.05) is 19.0 Å². The molecule has 0 heterocycles. The first kappa shape index (κ1) is 19.7. The van der Waals surface area contributed by atoms with Gasteiger partial charge in [0.1, 0.15) is 11.5 Å². The first-order valence-electron chi connectivity index (χ1n) is 8.20. The number of hydrazine groups is 1. The number of rotatable bonds is 8. The Morgan fingerprint density at radius 1 is 0.962 bits per heavy atom. The van der Waals surface area contributed by atoms with Gasteiger partial charge < -0.3 is 9.47 Å². The lowest BCUT2D eigenvalue weighted by Gasteiger charge is -2.10. The fourth-order valence-corrected chi connectivity index (χ4v) is 2.72. The standard InChI is InChI=1S/C19H22N2O4S/c1-3-24-15-8-10-16(11-9-15)26-13-19(23)21-20-18(22)12-25-17-7-5-4-6-14(17)2/h4-11H,3,12-13H2,1-2H3,(H,20,22)(H,21,23). The van der Waals surface area contributed by atoms with Crippen molar-refractivity contribution in [1.82, 2.24) is 10.9 Å². The second-order valence-electron chi connectivity index (χ2n) is 5.34. The molecule has 2 aromatic carbocycles. The maximum atomic E-state index is 11.8. The molecule has 2 aromatic rings. The zero-order valence-electron chi connectivity index (χ0n) is 14.8. The Hall–Kier alpha value is -2.67. The average Bonchev–Trinajstić information content (AvgIpc) is 2.65. The zero-order chi connectivity index (χ0) is 18.8. The van der Waals surface area contributed by atoms with Crippen molar-refractivity contribution < 1.29 is 19.1 Å². The van der Waals surface area contributed by atoms with Gasteiger partial charge in [0.2, 0.25) is 5.91 Å². The molecule has 0 unspecified atom stereocenters. The lowest BCUT2D eigenvalue weighted by molar-refractivity contribution is -0.128. The van der Waals surface area contributed by atoms with E-state index in [1.54, 1.807) is 6.07 Å². The van der Waals surface area contributed by atoms with E-state index >= 15 is 0 Å². The Kier molecular flexibility index (Phi) is 7.82. The Labute approximate surface area is 157 Å². The number of thioether (sulfide) groups is 1. The minimum absolute atomic E-state index is 0.169. The van der Waals surface area contributed by atoms with Crippen molar-refractivity contribution in [2.24, 2.45) is 0 Å². The molecule has 0 fully saturated rings. The first-order valence-corrected chi connectivity index (χ1v) is 9.19. The number of nitrogens with one attached hydrogen (secondary N) is 2. The van der Waals surface area contributed by atoms with Crippen molar-refractivity contribution in [1.29, 1.82) is 0 Å².